The smallest absolute Gasteiger partial charge is 0.270 e. The Morgan fingerprint density at radius 2 is 1.89 bits per heavy atom. The zero-order chi connectivity index (χ0) is 20.2. The van der Waals surface area contributed by atoms with E-state index < -0.39 is 16.1 Å². The Hall–Kier alpha value is -2.04. The second-order valence-corrected chi connectivity index (χ2v) is 9.46. The molecule has 0 bridgehead atoms. The molecule has 148 valence electrons. The molecular weight excluding hydrogens is 388 g/mol. The van der Waals surface area contributed by atoms with Gasteiger partial charge in [0.15, 0.2) is 0 Å². The Morgan fingerprint density at radius 3 is 2.52 bits per heavy atom. The molecule has 0 unspecified atom stereocenters. The number of rotatable bonds is 8. The molecule has 1 aromatic carbocycles. The first-order valence-corrected chi connectivity index (χ1v) is 10.7. The van der Waals surface area contributed by atoms with E-state index in [1.165, 1.54) is 0 Å². The van der Waals surface area contributed by atoms with E-state index in [1.54, 1.807) is 20.8 Å². The summed E-state index contributed by atoms with van der Waals surface area (Å²) in [6.07, 6.45) is 0. The Labute approximate surface area is 163 Å². The van der Waals surface area contributed by atoms with Crippen molar-refractivity contribution in [3.8, 4) is 5.75 Å². The minimum Gasteiger partial charge on any atom is -0.492 e. The normalized spacial score (nSPS) is 12.8. The Kier molecular flexibility index (Phi) is 6.90. The van der Waals surface area contributed by atoms with E-state index in [4.69, 9.17) is 4.74 Å². The Bertz CT molecular complexity index is 909. The van der Waals surface area contributed by atoms with Gasteiger partial charge >= 0.3 is 0 Å². The maximum Gasteiger partial charge on any atom is 0.270 e. The summed E-state index contributed by atoms with van der Waals surface area (Å²) in [6.45, 7) is 9.31. The number of carbonyl (C=O) groups is 1. The highest BCUT2D eigenvalue weighted by atomic mass is 32.2. The number of sulfonamides is 1. The fourth-order valence-corrected chi connectivity index (χ4v) is 4.14. The van der Waals surface area contributed by atoms with Crippen LogP contribution in [0.25, 0.3) is 0 Å². The molecule has 0 aliphatic rings. The number of hydrogen-bond acceptors (Lipinski definition) is 7. The lowest BCUT2D eigenvalue weighted by atomic mass is 10.1. The van der Waals surface area contributed by atoms with Crippen molar-refractivity contribution in [2.75, 3.05) is 11.9 Å². The van der Waals surface area contributed by atoms with E-state index in [0.717, 1.165) is 22.5 Å². The maximum absolute atomic E-state index is 12.4. The lowest BCUT2D eigenvalue weighted by Gasteiger charge is -2.14. The number of amides is 1. The van der Waals surface area contributed by atoms with Gasteiger partial charge in [0.1, 0.15) is 12.4 Å². The number of hydrogen-bond donors (Lipinski definition) is 2. The second kappa shape index (κ2) is 8.77. The van der Waals surface area contributed by atoms with Crippen LogP contribution in [0.5, 0.6) is 5.75 Å². The van der Waals surface area contributed by atoms with Gasteiger partial charge in [0, 0.05) is 5.92 Å². The van der Waals surface area contributed by atoms with Gasteiger partial charge in [-0.15, -0.1) is 10.2 Å². The largest absolute Gasteiger partial charge is 0.492 e. The third-order valence-electron chi connectivity index (χ3n) is 3.73. The molecular formula is C17H24N4O4S2. The van der Waals surface area contributed by atoms with Crippen LogP contribution in [-0.2, 0) is 14.8 Å². The highest BCUT2D eigenvalue weighted by Crippen LogP contribution is 2.21. The second-order valence-electron chi connectivity index (χ2n) is 6.60. The summed E-state index contributed by atoms with van der Waals surface area (Å²) >= 11 is 0.800. The first-order chi connectivity index (χ1) is 12.6. The predicted octanol–water partition coefficient (Wildman–Crippen LogP) is 2.50. The molecule has 0 saturated heterocycles. The molecule has 1 aromatic heterocycles. The molecule has 1 atom stereocenters. The molecule has 2 aromatic rings. The average molecular weight is 413 g/mol. The van der Waals surface area contributed by atoms with Crippen molar-refractivity contribution in [3.63, 3.8) is 0 Å². The van der Waals surface area contributed by atoms with Crippen molar-refractivity contribution in [2.45, 2.75) is 45.0 Å². The zero-order valence-electron chi connectivity index (χ0n) is 15.9. The number of anilines is 1. The molecule has 1 amide bonds. The van der Waals surface area contributed by atoms with Gasteiger partial charge in [-0.05, 0) is 44.0 Å². The molecule has 10 heteroatoms. The van der Waals surface area contributed by atoms with Gasteiger partial charge in [-0.2, -0.15) is 0 Å². The van der Waals surface area contributed by atoms with E-state index in [2.05, 4.69) is 20.2 Å². The summed E-state index contributed by atoms with van der Waals surface area (Å²) in [7, 11) is -3.85. The standard InChI is InChI=1S/C17H24N4O4S2/c1-10(2)15(22)18-16-19-20-17(26-16)27(23,24)21-13(5)9-25-14-7-6-11(3)12(4)8-14/h6-8,10,13,21H,9H2,1-5H3,(H,18,19,22)/t13-/m0/s1. The summed E-state index contributed by atoms with van der Waals surface area (Å²) < 4.78 is 32.8. The molecule has 0 fully saturated rings. The molecule has 2 N–H and O–H groups in total. The lowest BCUT2D eigenvalue weighted by Crippen LogP contribution is -2.36. The summed E-state index contributed by atoms with van der Waals surface area (Å²) in [6, 6.07) is 5.23. The third kappa shape index (κ3) is 5.98. The average Bonchev–Trinajstić information content (AvgIpc) is 3.05. The highest BCUT2D eigenvalue weighted by Gasteiger charge is 2.23. The molecule has 0 aliphatic carbocycles. The van der Waals surface area contributed by atoms with Gasteiger partial charge in [0.2, 0.25) is 15.4 Å². The van der Waals surface area contributed by atoms with Crippen molar-refractivity contribution in [2.24, 2.45) is 5.92 Å². The first-order valence-electron chi connectivity index (χ1n) is 8.45. The van der Waals surface area contributed by atoms with Crippen molar-refractivity contribution in [1.29, 1.82) is 0 Å². The van der Waals surface area contributed by atoms with E-state index in [1.807, 2.05) is 32.0 Å². The summed E-state index contributed by atoms with van der Waals surface area (Å²) in [5.41, 5.74) is 2.26. The molecule has 2 rings (SSSR count). The number of carbonyl (C=O) groups excluding carboxylic acids is 1. The van der Waals surface area contributed by atoms with Crippen LogP contribution in [0.2, 0.25) is 0 Å². The Balaban J connectivity index is 1.95. The first kappa shape index (κ1) is 21.3. The van der Waals surface area contributed by atoms with Crippen molar-refractivity contribution in [1.82, 2.24) is 14.9 Å². The fraction of sp³-hybridized carbons (Fsp3) is 0.471. The quantitative estimate of drug-likeness (QED) is 0.645. The van der Waals surface area contributed by atoms with Gasteiger partial charge in [0.25, 0.3) is 10.0 Å². The van der Waals surface area contributed by atoms with Crippen LogP contribution >= 0.6 is 11.3 Å². The van der Waals surface area contributed by atoms with Gasteiger partial charge < -0.3 is 10.1 Å². The van der Waals surface area contributed by atoms with Gasteiger partial charge in [-0.3, -0.25) is 4.79 Å². The van der Waals surface area contributed by atoms with Crippen LogP contribution in [0, 0.1) is 19.8 Å². The van der Waals surface area contributed by atoms with Crippen molar-refractivity contribution in [3.05, 3.63) is 29.3 Å². The third-order valence-corrected chi connectivity index (χ3v) is 6.52. The topological polar surface area (TPSA) is 110 Å². The van der Waals surface area contributed by atoms with Gasteiger partial charge in [0.05, 0.1) is 6.04 Å². The van der Waals surface area contributed by atoms with Crippen molar-refractivity contribution >= 4 is 32.4 Å². The van der Waals surface area contributed by atoms with Crippen LogP contribution in [-0.4, -0.2) is 37.2 Å². The van der Waals surface area contributed by atoms with Crippen molar-refractivity contribution < 1.29 is 17.9 Å². The fourth-order valence-electron chi connectivity index (χ4n) is 1.99. The Morgan fingerprint density at radius 1 is 1.19 bits per heavy atom. The molecule has 27 heavy (non-hydrogen) atoms. The molecule has 1 heterocycles. The van der Waals surface area contributed by atoms with Crippen LogP contribution < -0.4 is 14.8 Å². The van der Waals surface area contributed by atoms with Crippen LogP contribution in [0.4, 0.5) is 5.13 Å². The predicted molar refractivity (Wildman–Crippen MR) is 105 cm³/mol. The van der Waals surface area contributed by atoms with E-state index >= 15 is 0 Å². The summed E-state index contributed by atoms with van der Waals surface area (Å²) in [4.78, 5) is 11.7. The lowest BCUT2D eigenvalue weighted by molar-refractivity contribution is -0.118. The molecule has 0 spiro atoms. The number of benzene rings is 1. The number of aryl methyl sites for hydroxylation is 2. The molecule has 0 radical (unpaired) electrons. The summed E-state index contributed by atoms with van der Waals surface area (Å²) in [5.74, 6) is 0.187. The monoisotopic (exact) mass is 412 g/mol. The van der Waals surface area contributed by atoms with Crippen LogP contribution in [0.1, 0.15) is 31.9 Å². The molecule has 8 nitrogen and oxygen atoms in total. The minimum absolute atomic E-state index is 0.146. The van der Waals surface area contributed by atoms with Crippen LogP contribution in [0.3, 0.4) is 0 Å². The van der Waals surface area contributed by atoms with Gasteiger partial charge in [-0.25, -0.2) is 13.1 Å². The van der Waals surface area contributed by atoms with E-state index in [9.17, 15) is 13.2 Å². The molecule has 0 aliphatic heterocycles. The van der Waals surface area contributed by atoms with Gasteiger partial charge in [-0.1, -0.05) is 31.3 Å². The number of ether oxygens (including phenoxy) is 1. The number of aromatic nitrogens is 2. The zero-order valence-corrected chi connectivity index (χ0v) is 17.6. The SMILES string of the molecule is Cc1ccc(OC[C@H](C)NS(=O)(=O)c2nnc(NC(=O)C(C)C)s2)cc1C. The number of nitrogens with zero attached hydrogens (tertiary/aromatic N) is 2. The van der Waals surface area contributed by atoms with E-state index in [-0.39, 0.29) is 27.9 Å². The number of nitrogens with one attached hydrogen (secondary N) is 2. The molecule has 0 saturated carbocycles. The highest BCUT2D eigenvalue weighted by molar-refractivity contribution is 7.91. The van der Waals surface area contributed by atoms with Crippen LogP contribution in [0.15, 0.2) is 22.5 Å². The summed E-state index contributed by atoms with van der Waals surface area (Å²) in [5, 5.41) is 10.0. The van der Waals surface area contributed by atoms with E-state index in [0.29, 0.717) is 5.75 Å². The maximum atomic E-state index is 12.4. The minimum atomic E-state index is -3.85.